The van der Waals surface area contributed by atoms with Gasteiger partial charge in [0.2, 0.25) is 0 Å². The summed E-state index contributed by atoms with van der Waals surface area (Å²) in [7, 11) is 0. The minimum absolute atomic E-state index is 0.257. The number of rotatable bonds is 15. The Hall–Kier alpha value is -3.60. The third-order valence-corrected chi connectivity index (χ3v) is 6.95. The van der Waals surface area contributed by atoms with E-state index in [0.29, 0.717) is 18.1 Å². The zero-order valence-corrected chi connectivity index (χ0v) is 23.0. The van der Waals surface area contributed by atoms with Crippen LogP contribution in [-0.4, -0.2) is 30.2 Å². The first-order valence-corrected chi connectivity index (χ1v) is 13.9. The number of nitrogens with one attached hydrogen (secondary N) is 1. The van der Waals surface area contributed by atoms with Crippen LogP contribution < -0.4 is 5.32 Å². The first kappa shape index (κ1) is 29.0. The molecule has 2 N–H and O–H groups in total. The highest BCUT2D eigenvalue weighted by Crippen LogP contribution is 2.35. The summed E-state index contributed by atoms with van der Waals surface area (Å²) in [5.41, 5.74) is 5.75. The van der Waals surface area contributed by atoms with Gasteiger partial charge in [0.25, 0.3) is 0 Å². The van der Waals surface area contributed by atoms with Gasteiger partial charge in [0.1, 0.15) is 0 Å². The summed E-state index contributed by atoms with van der Waals surface area (Å²) < 4.78 is 5.46. The van der Waals surface area contributed by atoms with Crippen LogP contribution in [0.5, 0.6) is 0 Å². The summed E-state index contributed by atoms with van der Waals surface area (Å²) >= 11 is 0. The topological polar surface area (TPSA) is 75.6 Å². The Kier molecular flexibility index (Phi) is 11.4. The number of carboxylic acids is 1. The lowest BCUT2D eigenvalue weighted by Crippen LogP contribution is -2.11. The minimum Gasteiger partial charge on any atom is -0.478 e. The molecule has 0 aromatic heterocycles. The van der Waals surface area contributed by atoms with Gasteiger partial charge in [0, 0.05) is 12.2 Å². The van der Waals surface area contributed by atoms with E-state index < -0.39 is 5.97 Å². The van der Waals surface area contributed by atoms with Crippen LogP contribution in [0.2, 0.25) is 0 Å². The summed E-state index contributed by atoms with van der Waals surface area (Å²) in [6.07, 6.45) is 8.46. The summed E-state index contributed by atoms with van der Waals surface area (Å²) in [5.74, 6) is -0.919. The maximum atomic E-state index is 12.5. The first-order valence-electron chi connectivity index (χ1n) is 13.9. The van der Waals surface area contributed by atoms with Crippen molar-refractivity contribution in [2.75, 3.05) is 18.5 Å². The molecule has 0 amide bonds. The molecule has 0 radical (unpaired) electrons. The number of esters is 1. The molecule has 0 saturated heterocycles. The molecule has 0 spiro atoms. The third-order valence-electron chi connectivity index (χ3n) is 6.95. The highest BCUT2D eigenvalue weighted by atomic mass is 16.5. The maximum absolute atomic E-state index is 12.5. The molecule has 3 aromatic rings. The van der Waals surface area contributed by atoms with Gasteiger partial charge in [-0.3, -0.25) is 0 Å². The zero-order chi connectivity index (χ0) is 27.3. The zero-order valence-electron chi connectivity index (χ0n) is 23.0. The number of carboxylic acid groups (broad SMARTS) is 1. The van der Waals surface area contributed by atoms with Crippen molar-refractivity contribution in [3.05, 3.63) is 77.9 Å². The fourth-order valence-corrected chi connectivity index (χ4v) is 4.28. The molecule has 0 heterocycles. The van der Waals surface area contributed by atoms with Crippen LogP contribution in [0.15, 0.2) is 66.7 Å². The SMILES string of the molecule is CCCCCCCCNc1ccc(-c2ccc(C(=O)O)cc2)c(-c2ccc(C(=O)OCC(C)CC)cc2)c1. The molecule has 0 aliphatic carbocycles. The van der Waals surface area contributed by atoms with Gasteiger partial charge in [-0.15, -0.1) is 0 Å². The molecule has 1 unspecified atom stereocenters. The van der Waals surface area contributed by atoms with Crippen LogP contribution in [0.1, 0.15) is 86.4 Å². The molecule has 3 aromatic carbocycles. The number of anilines is 1. The Morgan fingerprint density at radius 1 is 0.789 bits per heavy atom. The first-order chi connectivity index (χ1) is 18.4. The van der Waals surface area contributed by atoms with Gasteiger partial charge in [-0.05, 0) is 71.0 Å². The van der Waals surface area contributed by atoms with Gasteiger partial charge in [0.15, 0.2) is 0 Å². The van der Waals surface area contributed by atoms with Crippen LogP contribution in [0, 0.1) is 5.92 Å². The molecule has 5 heteroatoms. The van der Waals surface area contributed by atoms with E-state index in [1.807, 2.05) is 36.4 Å². The quantitative estimate of drug-likeness (QED) is 0.156. The molecular formula is C33H41NO4. The number of carbonyl (C=O) groups excluding carboxylic acids is 1. The van der Waals surface area contributed by atoms with Gasteiger partial charge in [-0.1, -0.05) is 89.6 Å². The maximum Gasteiger partial charge on any atom is 0.338 e. The highest BCUT2D eigenvalue weighted by Gasteiger charge is 2.13. The Morgan fingerprint density at radius 2 is 1.39 bits per heavy atom. The molecule has 0 saturated carbocycles. The lowest BCUT2D eigenvalue weighted by atomic mass is 9.93. The number of hydrogen-bond acceptors (Lipinski definition) is 4. The van der Waals surface area contributed by atoms with E-state index in [1.54, 1.807) is 12.1 Å². The van der Waals surface area contributed by atoms with Crippen molar-refractivity contribution in [3.63, 3.8) is 0 Å². The van der Waals surface area contributed by atoms with E-state index in [-0.39, 0.29) is 11.5 Å². The van der Waals surface area contributed by atoms with Crippen LogP contribution in [0.25, 0.3) is 22.3 Å². The van der Waals surface area contributed by atoms with Crippen molar-refractivity contribution in [1.29, 1.82) is 0 Å². The Labute approximate surface area is 227 Å². The summed E-state index contributed by atoms with van der Waals surface area (Å²) in [5, 5.41) is 12.8. The van der Waals surface area contributed by atoms with E-state index in [0.717, 1.165) is 47.3 Å². The number of unbranched alkanes of at least 4 members (excludes halogenated alkanes) is 5. The second-order valence-corrected chi connectivity index (χ2v) is 10.0. The Balaban J connectivity index is 1.81. The lowest BCUT2D eigenvalue weighted by Gasteiger charge is -2.15. The monoisotopic (exact) mass is 515 g/mol. The predicted molar refractivity (Wildman–Crippen MR) is 156 cm³/mol. The summed E-state index contributed by atoms with van der Waals surface area (Å²) in [6.45, 7) is 7.71. The van der Waals surface area contributed by atoms with Crippen LogP contribution in [0.4, 0.5) is 5.69 Å². The molecule has 3 rings (SSSR count). The molecule has 5 nitrogen and oxygen atoms in total. The highest BCUT2D eigenvalue weighted by molar-refractivity contribution is 5.92. The molecule has 0 aliphatic heterocycles. The van der Waals surface area contributed by atoms with Crippen molar-refractivity contribution < 1.29 is 19.4 Å². The number of aromatic carboxylic acids is 1. The minimum atomic E-state index is -0.943. The van der Waals surface area contributed by atoms with Crippen LogP contribution in [0.3, 0.4) is 0 Å². The normalized spacial score (nSPS) is 11.7. The second kappa shape index (κ2) is 15.0. The third kappa shape index (κ3) is 8.47. The van der Waals surface area contributed by atoms with E-state index >= 15 is 0 Å². The predicted octanol–water partition coefficient (Wildman–Crippen LogP) is 8.69. The number of carbonyl (C=O) groups is 2. The average molecular weight is 516 g/mol. The summed E-state index contributed by atoms with van der Waals surface area (Å²) in [4.78, 5) is 23.8. The molecule has 0 bridgehead atoms. The van der Waals surface area contributed by atoms with Crippen molar-refractivity contribution in [3.8, 4) is 22.3 Å². The van der Waals surface area contributed by atoms with Crippen molar-refractivity contribution in [2.45, 2.75) is 65.7 Å². The molecule has 202 valence electrons. The van der Waals surface area contributed by atoms with Crippen LogP contribution in [-0.2, 0) is 4.74 Å². The Bertz CT molecular complexity index is 1170. The number of benzene rings is 3. The lowest BCUT2D eigenvalue weighted by molar-refractivity contribution is 0.0447. The fourth-order valence-electron chi connectivity index (χ4n) is 4.28. The fraction of sp³-hybridized carbons (Fsp3) is 0.394. The smallest absolute Gasteiger partial charge is 0.338 e. The van der Waals surface area contributed by atoms with Crippen molar-refractivity contribution in [2.24, 2.45) is 5.92 Å². The van der Waals surface area contributed by atoms with Crippen molar-refractivity contribution >= 4 is 17.6 Å². The second-order valence-electron chi connectivity index (χ2n) is 10.0. The Morgan fingerprint density at radius 3 is 2.03 bits per heavy atom. The summed E-state index contributed by atoms with van der Waals surface area (Å²) in [6, 6.07) is 20.7. The van der Waals surface area contributed by atoms with Gasteiger partial charge in [-0.25, -0.2) is 9.59 Å². The molecule has 0 fully saturated rings. The number of ether oxygens (including phenoxy) is 1. The largest absolute Gasteiger partial charge is 0.478 e. The van der Waals surface area contributed by atoms with E-state index in [9.17, 15) is 14.7 Å². The van der Waals surface area contributed by atoms with Gasteiger partial charge in [-0.2, -0.15) is 0 Å². The van der Waals surface area contributed by atoms with Gasteiger partial charge >= 0.3 is 11.9 Å². The van der Waals surface area contributed by atoms with E-state index in [4.69, 9.17) is 4.74 Å². The standard InChI is InChI=1S/C33H41NO4/c1-4-6-7-8-9-10-21-34-29-19-20-30(25-11-15-27(16-12-25)32(35)36)31(22-29)26-13-17-28(18-14-26)33(37)38-23-24(3)5-2/h11-20,22,24,34H,4-10,21,23H2,1-3H3,(H,35,36). The van der Waals surface area contributed by atoms with E-state index in [2.05, 4.69) is 44.3 Å². The molecular weight excluding hydrogens is 474 g/mol. The van der Waals surface area contributed by atoms with Crippen LogP contribution >= 0.6 is 0 Å². The molecule has 38 heavy (non-hydrogen) atoms. The van der Waals surface area contributed by atoms with Crippen molar-refractivity contribution in [1.82, 2.24) is 0 Å². The van der Waals surface area contributed by atoms with Gasteiger partial charge < -0.3 is 15.2 Å². The van der Waals surface area contributed by atoms with Gasteiger partial charge in [0.05, 0.1) is 17.7 Å². The van der Waals surface area contributed by atoms with E-state index in [1.165, 1.54) is 32.1 Å². The molecule has 1 atom stereocenters. The number of hydrogen-bond donors (Lipinski definition) is 2. The molecule has 0 aliphatic rings. The average Bonchev–Trinajstić information content (AvgIpc) is 2.95.